The van der Waals surface area contributed by atoms with Crippen LogP contribution in [-0.2, 0) is 19.1 Å². The lowest BCUT2D eigenvalue weighted by atomic mass is 9.97. The number of likely N-dealkylation sites (N-methyl/N-ethyl adjacent to an activating group) is 1. The fraction of sp³-hybridized carbons (Fsp3) is 0.381. The first-order chi connectivity index (χ1) is 14.9. The first-order valence-electron chi connectivity index (χ1n) is 9.91. The summed E-state index contributed by atoms with van der Waals surface area (Å²) in [5.41, 5.74) is 0.466. The largest absolute Gasteiger partial charge is 0.455 e. The van der Waals surface area contributed by atoms with Gasteiger partial charge in [-0.2, -0.15) is 0 Å². The number of para-hydroxylation sites is 1. The maximum Gasteiger partial charge on any atom is 0.309 e. The van der Waals surface area contributed by atoms with Crippen molar-refractivity contribution in [3.63, 3.8) is 0 Å². The minimum atomic E-state index is -0.460. The molecule has 2 amide bonds. The van der Waals surface area contributed by atoms with Crippen molar-refractivity contribution in [3.05, 3.63) is 47.7 Å². The van der Waals surface area contributed by atoms with E-state index in [1.807, 2.05) is 4.90 Å². The summed E-state index contributed by atoms with van der Waals surface area (Å²) in [6.45, 7) is 0.688. The Balaban J connectivity index is 1.39. The average molecular weight is 446 g/mol. The van der Waals surface area contributed by atoms with E-state index in [1.165, 1.54) is 11.9 Å². The molecule has 3 rings (SSSR count). The average Bonchev–Trinajstić information content (AvgIpc) is 2.79. The van der Waals surface area contributed by atoms with E-state index in [1.54, 1.807) is 42.7 Å². The molecule has 1 aromatic heterocycles. The highest BCUT2D eigenvalue weighted by Gasteiger charge is 2.28. The summed E-state index contributed by atoms with van der Waals surface area (Å²) < 4.78 is 5.19. The number of nitrogens with zero attached hydrogens (tertiary/aromatic N) is 4. The van der Waals surface area contributed by atoms with Crippen molar-refractivity contribution < 1.29 is 19.1 Å². The minimum Gasteiger partial charge on any atom is -0.455 e. The predicted molar refractivity (Wildman–Crippen MR) is 116 cm³/mol. The molecule has 2 aromatic rings. The second-order valence-electron chi connectivity index (χ2n) is 7.20. The van der Waals surface area contributed by atoms with Gasteiger partial charge in [-0.25, -0.2) is 9.97 Å². The van der Waals surface area contributed by atoms with Crippen LogP contribution in [0.3, 0.4) is 0 Å². The van der Waals surface area contributed by atoms with Crippen LogP contribution in [0.15, 0.2) is 42.7 Å². The predicted octanol–water partition coefficient (Wildman–Crippen LogP) is 1.99. The number of carbonyl (C=O) groups excluding carboxylic acids is 3. The number of halogens is 1. The Hall–Kier alpha value is -3.20. The molecule has 1 aliphatic rings. The van der Waals surface area contributed by atoms with Crippen molar-refractivity contribution in [2.24, 2.45) is 5.92 Å². The summed E-state index contributed by atoms with van der Waals surface area (Å²) in [6.07, 6.45) is 4.56. The fourth-order valence-corrected chi connectivity index (χ4v) is 3.37. The van der Waals surface area contributed by atoms with Gasteiger partial charge in [0, 0.05) is 32.5 Å². The van der Waals surface area contributed by atoms with Gasteiger partial charge in [0.1, 0.15) is 0 Å². The van der Waals surface area contributed by atoms with Crippen LogP contribution >= 0.6 is 11.6 Å². The fourth-order valence-electron chi connectivity index (χ4n) is 3.19. The third-order valence-electron chi connectivity index (χ3n) is 4.96. The van der Waals surface area contributed by atoms with Gasteiger partial charge in [0.15, 0.2) is 6.61 Å². The normalized spacial score (nSPS) is 14.1. The van der Waals surface area contributed by atoms with E-state index in [0.29, 0.717) is 42.6 Å². The molecule has 0 atom stereocenters. The zero-order valence-electron chi connectivity index (χ0n) is 17.2. The number of piperidine rings is 1. The van der Waals surface area contributed by atoms with Gasteiger partial charge in [-0.1, -0.05) is 23.7 Å². The molecular weight excluding hydrogens is 422 g/mol. The molecule has 31 heavy (non-hydrogen) atoms. The van der Waals surface area contributed by atoms with Crippen LogP contribution in [0.2, 0.25) is 5.02 Å². The van der Waals surface area contributed by atoms with Crippen LogP contribution < -0.4 is 10.2 Å². The van der Waals surface area contributed by atoms with E-state index in [4.69, 9.17) is 16.3 Å². The number of hydrogen-bond acceptors (Lipinski definition) is 7. The monoisotopic (exact) mass is 445 g/mol. The van der Waals surface area contributed by atoms with Crippen LogP contribution in [0.4, 0.5) is 11.6 Å². The lowest BCUT2D eigenvalue weighted by Crippen LogP contribution is -2.40. The zero-order chi connectivity index (χ0) is 22.2. The molecule has 1 saturated heterocycles. The van der Waals surface area contributed by atoms with Crippen LogP contribution in [0.5, 0.6) is 0 Å². The van der Waals surface area contributed by atoms with Crippen molar-refractivity contribution in [2.75, 3.05) is 43.5 Å². The molecule has 1 aromatic carbocycles. The molecule has 0 bridgehead atoms. The summed E-state index contributed by atoms with van der Waals surface area (Å²) >= 11 is 6.01. The van der Waals surface area contributed by atoms with Crippen molar-refractivity contribution in [2.45, 2.75) is 12.8 Å². The molecule has 1 fully saturated rings. The van der Waals surface area contributed by atoms with Gasteiger partial charge in [-0.3, -0.25) is 14.4 Å². The Morgan fingerprint density at radius 3 is 2.52 bits per heavy atom. The molecule has 164 valence electrons. The summed E-state index contributed by atoms with van der Waals surface area (Å²) in [5.74, 6) is -0.901. The first-order valence-corrected chi connectivity index (χ1v) is 10.3. The van der Waals surface area contributed by atoms with Crippen LogP contribution in [0, 0.1) is 5.92 Å². The Kier molecular flexibility index (Phi) is 7.77. The van der Waals surface area contributed by atoms with E-state index in [2.05, 4.69) is 15.3 Å². The highest BCUT2D eigenvalue weighted by atomic mass is 35.5. The number of amides is 2. The number of benzene rings is 1. The minimum absolute atomic E-state index is 0.183. The van der Waals surface area contributed by atoms with Crippen molar-refractivity contribution in [1.29, 1.82) is 0 Å². The van der Waals surface area contributed by atoms with Crippen LogP contribution in [-0.4, -0.2) is 65.9 Å². The van der Waals surface area contributed by atoms with Gasteiger partial charge in [0.2, 0.25) is 11.9 Å². The Morgan fingerprint density at radius 2 is 1.84 bits per heavy atom. The van der Waals surface area contributed by atoms with Gasteiger partial charge in [0.25, 0.3) is 5.91 Å². The number of anilines is 2. The summed E-state index contributed by atoms with van der Waals surface area (Å²) in [6, 6.07) is 8.57. The maximum atomic E-state index is 12.3. The number of nitrogens with one attached hydrogen (secondary N) is 1. The molecule has 0 unspecified atom stereocenters. The molecule has 9 nitrogen and oxygen atoms in total. The second kappa shape index (κ2) is 10.7. The number of hydrogen-bond donors (Lipinski definition) is 1. The highest BCUT2D eigenvalue weighted by Crippen LogP contribution is 2.22. The molecule has 0 aliphatic carbocycles. The summed E-state index contributed by atoms with van der Waals surface area (Å²) in [7, 11) is 1.47. The van der Waals surface area contributed by atoms with Gasteiger partial charge in [-0.15, -0.1) is 0 Å². The topological polar surface area (TPSA) is 105 Å². The van der Waals surface area contributed by atoms with Gasteiger partial charge < -0.3 is 19.9 Å². The molecule has 0 radical (unpaired) electrons. The van der Waals surface area contributed by atoms with Gasteiger partial charge in [-0.05, 0) is 31.0 Å². The quantitative estimate of drug-likeness (QED) is 0.649. The van der Waals surface area contributed by atoms with Gasteiger partial charge in [0.05, 0.1) is 23.2 Å². The Labute approximate surface area is 185 Å². The number of ether oxygens (including phenoxy) is 1. The number of esters is 1. The second-order valence-corrected chi connectivity index (χ2v) is 7.60. The molecule has 1 N–H and O–H groups in total. The van der Waals surface area contributed by atoms with E-state index < -0.39 is 24.4 Å². The van der Waals surface area contributed by atoms with E-state index in [9.17, 15) is 14.4 Å². The molecule has 0 spiro atoms. The zero-order valence-corrected chi connectivity index (χ0v) is 17.9. The number of aromatic nitrogens is 2. The standard InChI is InChI=1S/C21H24ClN5O4/c1-26(13-18(28)25-17-6-3-2-5-16(17)22)19(29)14-31-20(30)15-7-11-27(12-8-15)21-23-9-4-10-24-21/h2-6,9-10,15H,7-8,11-14H2,1H3,(H,25,28). The van der Waals surface area contributed by atoms with Crippen LogP contribution in [0.1, 0.15) is 12.8 Å². The lowest BCUT2D eigenvalue weighted by molar-refractivity contribution is -0.155. The Morgan fingerprint density at radius 1 is 1.16 bits per heavy atom. The van der Waals surface area contributed by atoms with Crippen molar-refractivity contribution in [3.8, 4) is 0 Å². The van der Waals surface area contributed by atoms with E-state index in [-0.39, 0.29) is 12.5 Å². The van der Waals surface area contributed by atoms with Crippen molar-refractivity contribution >= 4 is 41.0 Å². The van der Waals surface area contributed by atoms with Crippen molar-refractivity contribution in [1.82, 2.24) is 14.9 Å². The molecular formula is C21H24ClN5O4. The maximum absolute atomic E-state index is 12.3. The molecule has 0 saturated carbocycles. The molecule has 1 aliphatic heterocycles. The van der Waals surface area contributed by atoms with E-state index >= 15 is 0 Å². The molecule has 2 heterocycles. The number of carbonyl (C=O) groups is 3. The first kappa shape index (κ1) is 22.5. The smallest absolute Gasteiger partial charge is 0.309 e. The number of rotatable bonds is 7. The van der Waals surface area contributed by atoms with E-state index in [0.717, 1.165) is 0 Å². The third kappa shape index (κ3) is 6.39. The third-order valence-corrected chi connectivity index (χ3v) is 5.29. The Bertz CT molecular complexity index is 919. The summed E-state index contributed by atoms with van der Waals surface area (Å²) in [4.78, 5) is 48.3. The SMILES string of the molecule is CN(CC(=O)Nc1ccccc1Cl)C(=O)COC(=O)C1CCN(c2ncccn2)CC1. The lowest BCUT2D eigenvalue weighted by Gasteiger charge is -2.30. The summed E-state index contributed by atoms with van der Waals surface area (Å²) in [5, 5.41) is 3.05. The van der Waals surface area contributed by atoms with Crippen LogP contribution in [0.25, 0.3) is 0 Å². The molecule has 10 heteroatoms. The van der Waals surface area contributed by atoms with Gasteiger partial charge >= 0.3 is 5.97 Å². The highest BCUT2D eigenvalue weighted by molar-refractivity contribution is 6.33.